The van der Waals surface area contributed by atoms with Gasteiger partial charge >= 0.3 is 0 Å². The van der Waals surface area contributed by atoms with E-state index < -0.39 is 0 Å². The maximum absolute atomic E-state index is 9.83. The van der Waals surface area contributed by atoms with E-state index in [1.165, 1.54) is 12.8 Å². The summed E-state index contributed by atoms with van der Waals surface area (Å²) in [4.78, 5) is 0. The van der Waals surface area contributed by atoms with Crippen molar-refractivity contribution >= 4 is 32.9 Å². The summed E-state index contributed by atoms with van der Waals surface area (Å²) in [5.74, 6) is 0.377. The summed E-state index contributed by atoms with van der Waals surface area (Å²) >= 11 is 0. The van der Waals surface area contributed by atoms with Gasteiger partial charge in [0.1, 0.15) is 11.4 Å². The summed E-state index contributed by atoms with van der Waals surface area (Å²) < 4.78 is 0. The average Bonchev–Trinajstić information content (AvgIpc) is 2.85. The minimum absolute atomic E-state index is 0.189. The van der Waals surface area contributed by atoms with Crippen molar-refractivity contribution < 1.29 is 10.2 Å². The fourth-order valence-corrected chi connectivity index (χ4v) is 2.86. The van der Waals surface area contributed by atoms with Gasteiger partial charge in [-0.1, -0.05) is 101 Å². The molecule has 0 saturated heterocycles. The minimum Gasteiger partial charge on any atom is -0.505 e. The number of hydrogen-bond acceptors (Lipinski definition) is 6. The van der Waals surface area contributed by atoms with E-state index in [-0.39, 0.29) is 11.5 Å². The van der Waals surface area contributed by atoms with Crippen LogP contribution >= 0.6 is 0 Å². The quantitative estimate of drug-likeness (QED) is 0.292. The van der Waals surface area contributed by atoms with Crippen LogP contribution in [0.5, 0.6) is 11.5 Å². The van der Waals surface area contributed by atoms with Crippen LogP contribution in [0.4, 0.5) is 11.4 Å². The van der Waals surface area contributed by atoms with Gasteiger partial charge in [-0.3, -0.25) is 0 Å². The van der Waals surface area contributed by atoms with E-state index in [0.29, 0.717) is 11.4 Å². The number of nitrogens with zero attached hydrogens (tertiary/aromatic N) is 4. The fraction of sp³-hybridized carbons (Fsp3) is 0.286. The smallest absolute Gasteiger partial charge is 0.150 e. The van der Waals surface area contributed by atoms with Crippen LogP contribution in [0.2, 0.25) is 0 Å². The molecule has 0 aliphatic carbocycles. The first-order valence-corrected chi connectivity index (χ1v) is 11.5. The fourth-order valence-electron chi connectivity index (χ4n) is 2.86. The lowest BCUT2D eigenvalue weighted by molar-refractivity contribution is 0.482. The second-order valence-electron chi connectivity index (χ2n) is 7.32. The molecule has 2 N–H and O–H groups in total. The van der Waals surface area contributed by atoms with Gasteiger partial charge in [0, 0.05) is 24.9 Å². The van der Waals surface area contributed by atoms with Crippen molar-refractivity contribution in [3.8, 4) is 11.5 Å². The van der Waals surface area contributed by atoms with E-state index >= 15 is 0 Å². The first-order valence-electron chi connectivity index (χ1n) is 11.5. The van der Waals surface area contributed by atoms with E-state index in [1.54, 1.807) is 26.2 Å². The molecule has 0 aliphatic rings. The second kappa shape index (κ2) is 15.9. The number of phenolic OH excluding ortho intramolecular Hbond substituents is 2. The number of hydrogen-bond donors (Lipinski definition) is 2. The molecule has 4 rings (SSSR count). The highest BCUT2D eigenvalue weighted by atomic mass is 16.3. The summed E-state index contributed by atoms with van der Waals surface area (Å²) in [5, 5.41) is 38.2. The first-order chi connectivity index (χ1) is 16.5. The summed E-state index contributed by atoms with van der Waals surface area (Å²) in [7, 11) is 3.16. The third-order valence-corrected chi connectivity index (χ3v) is 4.17. The molecule has 0 atom stereocenters. The van der Waals surface area contributed by atoms with Crippen LogP contribution in [0.25, 0.3) is 21.5 Å². The Morgan fingerprint density at radius 2 is 0.853 bits per heavy atom. The van der Waals surface area contributed by atoms with E-state index in [0.717, 1.165) is 21.5 Å². The predicted molar refractivity (Wildman–Crippen MR) is 144 cm³/mol. The number of azo groups is 2. The number of fused-ring (bicyclic) bond motifs is 2. The average molecular weight is 461 g/mol. The molecule has 0 saturated carbocycles. The van der Waals surface area contributed by atoms with Crippen molar-refractivity contribution in [2.24, 2.45) is 20.5 Å². The van der Waals surface area contributed by atoms with Crippen molar-refractivity contribution in [3.05, 3.63) is 72.8 Å². The summed E-state index contributed by atoms with van der Waals surface area (Å²) in [6, 6.07) is 22.6. The molecule has 0 bridgehead atoms. The standard InChI is InChI=1S/2C11H10N2O.2C3H8/c2*1-12-13-10-7-6-8-4-2-3-5-9(8)11(10)14;2*1-3-2/h2*2-7,14H,1H3;2*3H2,1-2H3. The zero-order chi connectivity index (χ0) is 25.3. The molecular weight excluding hydrogens is 424 g/mol. The maximum Gasteiger partial charge on any atom is 0.150 e. The van der Waals surface area contributed by atoms with Gasteiger partial charge in [0.05, 0.1) is 0 Å². The van der Waals surface area contributed by atoms with Crippen molar-refractivity contribution in [1.82, 2.24) is 0 Å². The molecule has 0 fully saturated rings. The van der Waals surface area contributed by atoms with Gasteiger partial charge in [-0.25, -0.2) is 0 Å². The maximum atomic E-state index is 9.83. The van der Waals surface area contributed by atoms with E-state index in [2.05, 4.69) is 48.2 Å². The Bertz CT molecular complexity index is 1110. The van der Waals surface area contributed by atoms with E-state index in [4.69, 9.17) is 0 Å². The first kappa shape index (κ1) is 28.2. The summed E-state index contributed by atoms with van der Waals surface area (Å²) in [6.45, 7) is 8.50. The second-order valence-corrected chi connectivity index (χ2v) is 7.32. The lowest BCUT2D eigenvalue weighted by Crippen LogP contribution is -1.74. The van der Waals surface area contributed by atoms with Crippen LogP contribution in [0.3, 0.4) is 0 Å². The van der Waals surface area contributed by atoms with Gasteiger partial charge in [0.2, 0.25) is 0 Å². The Labute approximate surface area is 202 Å². The lowest BCUT2D eigenvalue weighted by atomic mass is 10.1. The van der Waals surface area contributed by atoms with E-state index in [1.807, 2.05) is 60.7 Å². The summed E-state index contributed by atoms with van der Waals surface area (Å²) in [6.07, 6.45) is 2.50. The van der Waals surface area contributed by atoms with Gasteiger partial charge in [-0.2, -0.15) is 20.5 Å². The van der Waals surface area contributed by atoms with Crippen LogP contribution in [0.15, 0.2) is 93.3 Å². The Morgan fingerprint density at radius 3 is 1.18 bits per heavy atom. The molecule has 34 heavy (non-hydrogen) atoms. The molecule has 6 nitrogen and oxygen atoms in total. The number of rotatable bonds is 2. The molecule has 0 amide bonds. The zero-order valence-corrected chi connectivity index (χ0v) is 21.0. The molecule has 0 spiro atoms. The van der Waals surface area contributed by atoms with Crippen LogP contribution < -0.4 is 0 Å². The Kier molecular flexibility index (Phi) is 13.2. The summed E-state index contributed by atoms with van der Waals surface area (Å²) in [5.41, 5.74) is 1.01. The van der Waals surface area contributed by atoms with Crippen LogP contribution in [0.1, 0.15) is 40.5 Å². The van der Waals surface area contributed by atoms with Gasteiger partial charge in [-0.05, 0) is 22.9 Å². The van der Waals surface area contributed by atoms with E-state index in [9.17, 15) is 10.2 Å². The molecule has 0 aliphatic heterocycles. The normalized spacial score (nSPS) is 10.3. The predicted octanol–water partition coefficient (Wildman–Crippen LogP) is 9.35. The molecule has 6 heteroatoms. The van der Waals surface area contributed by atoms with Crippen LogP contribution in [0, 0.1) is 0 Å². The third kappa shape index (κ3) is 8.28. The van der Waals surface area contributed by atoms with Gasteiger partial charge in [0.25, 0.3) is 0 Å². The Hall–Kier alpha value is -3.80. The number of phenols is 2. The Balaban J connectivity index is 0.000000277. The molecular formula is C28H36N4O2. The monoisotopic (exact) mass is 460 g/mol. The van der Waals surface area contributed by atoms with Gasteiger partial charge < -0.3 is 10.2 Å². The van der Waals surface area contributed by atoms with Crippen molar-refractivity contribution in [2.45, 2.75) is 40.5 Å². The minimum atomic E-state index is 0.189. The zero-order valence-electron chi connectivity index (χ0n) is 21.0. The van der Waals surface area contributed by atoms with Gasteiger partial charge in [-0.15, -0.1) is 0 Å². The van der Waals surface area contributed by atoms with Crippen molar-refractivity contribution in [1.29, 1.82) is 0 Å². The van der Waals surface area contributed by atoms with Crippen molar-refractivity contribution in [2.75, 3.05) is 14.1 Å². The lowest BCUT2D eigenvalue weighted by Gasteiger charge is -2.02. The number of benzene rings is 4. The molecule has 0 unspecified atom stereocenters. The molecule has 0 radical (unpaired) electrons. The molecule has 180 valence electrons. The third-order valence-electron chi connectivity index (χ3n) is 4.17. The van der Waals surface area contributed by atoms with Crippen molar-refractivity contribution in [3.63, 3.8) is 0 Å². The largest absolute Gasteiger partial charge is 0.505 e. The molecule has 0 heterocycles. The molecule has 4 aromatic rings. The van der Waals surface area contributed by atoms with Crippen LogP contribution in [-0.2, 0) is 0 Å². The molecule has 0 aromatic heterocycles. The molecule has 4 aromatic carbocycles. The topological polar surface area (TPSA) is 89.9 Å². The van der Waals surface area contributed by atoms with Crippen LogP contribution in [-0.4, -0.2) is 24.3 Å². The highest BCUT2D eigenvalue weighted by Gasteiger charge is 2.05. The van der Waals surface area contributed by atoms with Gasteiger partial charge in [0.15, 0.2) is 11.5 Å². The highest BCUT2D eigenvalue weighted by Crippen LogP contribution is 2.35. The number of aromatic hydroxyl groups is 2. The SMILES string of the molecule is CCC.CCC.CN=Nc1ccc2ccccc2c1O.CN=Nc1ccc2ccccc2c1O. The highest BCUT2D eigenvalue weighted by molar-refractivity contribution is 5.93. The Morgan fingerprint density at radius 1 is 0.529 bits per heavy atom.